The number of carbonyl (C=O) groups excluding carboxylic acids is 5. The second-order valence-corrected chi connectivity index (χ2v) is 32.6. The zero-order chi connectivity index (χ0) is 72.0. The molecule has 2 atom stereocenters. The van der Waals surface area contributed by atoms with Crippen LogP contribution in [0.4, 0.5) is 0 Å². The molecule has 0 aliphatic carbocycles. The summed E-state index contributed by atoms with van der Waals surface area (Å²) in [6.07, 6.45) is 2.48. The largest absolute Gasteiger partial charge is 0.481 e. The Morgan fingerprint density at radius 2 is 0.753 bits per heavy atom. The first-order chi connectivity index (χ1) is 47.3. The molecule has 43 heteroatoms. The fourth-order valence-electron chi connectivity index (χ4n) is 7.02. The number of thioether (sulfide) groups is 13. The van der Waals surface area contributed by atoms with Gasteiger partial charge in [-0.3, -0.25) is 110 Å². The summed E-state index contributed by atoms with van der Waals surface area (Å²) in [6.45, 7) is 25.3. The van der Waals surface area contributed by atoms with Crippen molar-refractivity contribution in [1.29, 1.82) is 0 Å². The number of rotatable bonds is 62. The molecule has 3 fully saturated rings. The SMILES string of the molecule is CCSCN(CNCNCNCSCOC=O)CSCC(=O)O.CCSCN(CSCOC=O)CSCOC=O.CCSCN1CCCN(CNCSCC(=O)O)C1.CCSCNCNCSCOC=O.CCSCNCSCOC=O.O=C(O)CSCN1CN2CCCN(C2)C1. The van der Waals surface area contributed by atoms with Gasteiger partial charge in [0.2, 0.25) is 0 Å². The minimum Gasteiger partial charge on any atom is -0.481 e. The van der Waals surface area contributed by atoms with Gasteiger partial charge in [-0.05, 0) is 41.6 Å². The van der Waals surface area contributed by atoms with E-state index in [9.17, 15) is 38.4 Å². The highest BCUT2D eigenvalue weighted by atomic mass is 32.2. The van der Waals surface area contributed by atoms with Crippen LogP contribution in [0, 0.1) is 0 Å². The van der Waals surface area contributed by atoms with Crippen LogP contribution >= 0.6 is 153 Å². The van der Waals surface area contributed by atoms with Gasteiger partial charge in [-0.25, -0.2) is 0 Å². The van der Waals surface area contributed by atoms with E-state index in [4.69, 9.17) is 15.3 Å². The maximum atomic E-state index is 10.5. The molecule has 0 amide bonds. The first kappa shape index (κ1) is 101. The number of nitrogens with zero attached hydrogens (tertiary/aromatic N) is 7. The van der Waals surface area contributed by atoms with Gasteiger partial charge in [0.1, 0.15) is 29.7 Å². The molecule has 0 aromatic carbocycles. The molecule has 3 saturated heterocycles. The molecule has 3 rings (SSSR count). The fraction of sp³-hybridized carbons (Fsp3) is 0.852. The molecule has 0 aromatic rings. The monoisotopic (exact) mass is 1630 g/mol. The highest BCUT2D eigenvalue weighted by molar-refractivity contribution is 8.02. The van der Waals surface area contributed by atoms with Crippen molar-refractivity contribution in [3.05, 3.63) is 0 Å². The summed E-state index contributed by atoms with van der Waals surface area (Å²) in [5.41, 5.74) is 0. The second-order valence-electron chi connectivity index (χ2n) is 18.8. The molecule has 0 spiro atoms. The highest BCUT2D eigenvalue weighted by Crippen LogP contribution is 2.17. The van der Waals surface area contributed by atoms with Crippen LogP contribution in [0.3, 0.4) is 0 Å². The molecule has 3 heterocycles. The van der Waals surface area contributed by atoms with Crippen molar-refractivity contribution in [2.24, 2.45) is 0 Å². The standard InChI is InChI=1S/C12H26N4O4S3.C11H23N3O2S2.C9H17N3O2S.C9H17NO4S3.C7H16N2O2S2.C6H13NO2S2/c1-2-21-8-16(9-22-3-12(18)19)6-14-4-13-5-15-7-23-11-20-10-17;1-2-17-10-14-5-3-4-13(9-14)7-12-8-18-6-11(15)16;13-9(14)4-15-8-12-6-10-2-1-3-11(5-10)7-12;1-2-15-3-10(4-16-8-13-6-11)5-17-9-14-7-12;1-2-12-4-8-3-9-5-13-7-11-6-10;1-2-10-3-7-4-11-6-9-5-8/h10,13-15H,2-9,11H2,1H3,(H,18,19);12H,2-10H2,1H3,(H,15,16);1-8H2,(H,13,14);6-7H,2-5,8-9H2,1H3;6,8-9H,2-5,7H2,1H3;5,7H,2-4,6H2,1H3. The Bertz CT molecular complexity index is 1770. The molecule has 2 bridgehead atoms. The van der Waals surface area contributed by atoms with Crippen molar-refractivity contribution in [3.63, 3.8) is 0 Å². The van der Waals surface area contributed by atoms with Gasteiger partial charge in [0.05, 0.1) is 50.6 Å². The predicted molar refractivity (Wildman–Crippen MR) is 420 cm³/mol. The average molecular weight is 1630 g/mol. The Kier molecular flexibility index (Phi) is 88.1. The normalized spacial score (nSPS) is 15.0. The smallest absolute Gasteiger partial charge is 0.313 e. The van der Waals surface area contributed by atoms with Crippen molar-refractivity contribution in [2.45, 2.75) is 47.5 Å². The van der Waals surface area contributed by atoms with Crippen LogP contribution in [0.5, 0.6) is 0 Å². The molecule has 3 aliphatic rings. The van der Waals surface area contributed by atoms with Gasteiger partial charge in [-0.2, -0.15) is 0 Å². The van der Waals surface area contributed by atoms with Crippen molar-refractivity contribution in [1.82, 2.24) is 71.5 Å². The summed E-state index contributed by atoms with van der Waals surface area (Å²) in [5, 5.41) is 48.1. The number of nitrogens with one attached hydrogen (secondary N) is 7. The van der Waals surface area contributed by atoms with Crippen LogP contribution in [0.25, 0.3) is 0 Å². The number of ether oxygens (including phenoxy) is 5. The molecular weight excluding hydrogens is 1520 g/mol. The van der Waals surface area contributed by atoms with Crippen LogP contribution in [-0.4, -0.2) is 338 Å². The van der Waals surface area contributed by atoms with Gasteiger partial charge in [0.15, 0.2) is 0 Å². The lowest BCUT2D eigenvalue weighted by atomic mass is 10.3. The van der Waals surface area contributed by atoms with Crippen LogP contribution < -0.4 is 37.2 Å². The third-order valence-corrected chi connectivity index (χ3v) is 22.0. The van der Waals surface area contributed by atoms with E-state index in [0.717, 1.165) is 128 Å². The van der Waals surface area contributed by atoms with Crippen molar-refractivity contribution < 1.29 is 77.4 Å². The maximum Gasteiger partial charge on any atom is 0.313 e. The Morgan fingerprint density at radius 3 is 1.26 bits per heavy atom. The van der Waals surface area contributed by atoms with E-state index in [1.165, 1.54) is 121 Å². The van der Waals surface area contributed by atoms with E-state index in [2.05, 4.69) is 130 Å². The number of carbonyl (C=O) groups is 8. The minimum atomic E-state index is -0.782. The lowest BCUT2D eigenvalue weighted by Gasteiger charge is -2.45. The van der Waals surface area contributed by atoms with E-state index in [0.29, 0.717) is 99.7 Å². The molecular formula is C54H112N14O16S13. The molecule has 30 nitrogen and oxygen atoms in total. The maximum absolute atomic E-state index is 10.5. The van der Waals surface area contributed by atoms with Gasteiger partial charge < -0.3 is 39.0 Å². The molecule has 572 valence electrons. The van der Waals surface area contributed by atoms with Gasteiger partial charge in [-0.15, -0.1) is 153 Å². The third kappa shape index (κ3) is 81.3. The van der Waals surface area contributed by atoms with Crippen LogP contribution in [0.15, 0.2) is 0 Å². The number of hydrogen-bond donors (Lipinski definition) is 10. The van der Waals surface area contributed by atoms with Crippen molar-refractivity contribution in [3.8, 4) is 0 Å². The molecule has 2 unspecified atom stereocenters. The number of hydrogen-bond acceptors (Lipinski definition) is 40. The summed E-state index contributed by atoms with van der Waals surface area (Å²) in [4.78, 5) is 96.8. The number of aliphatic carboxylic acids is 3. The van der Waals surface area contributed by atoms with E-state index in [1.54, 1.807) is 11.8 Å². The second kappa shape index (κ2) is 84.7. The summed E-state index contributed by atoms with van der Waals surface area (Å²) in [5.74, 6) is 16.7. The van der Waals surface area contributed by atoms with E-state index < -0.39 is 17.9 Å². The first-order valence-corrected chi connectivity index (χ1v) is 45.8. The summed E-state index contributed by atoms with van der Waals surface area (Å²) in [7, 11) is 0. The van der Waals surface area contributed by atoms with Crippen LogP contribution in [-0.2, 0) is 62.0 Å². The Hall–Kier alpha value is -0.250. The molecule has 10 N–H and O–H groups in total. The lowest BCUT2D eigenvalue weighted by molar-refractivity contribution is -0.135. The Morgan fingerprint density at radius 1 is 0.371 bits per heavy atom. The topological polar surface area (TPSA) is 350 Å². The van der Waals surface area contributed by atoms with Crippen molar-refractivity contribution >= 4 is 203 Å². The molecule has 0 saturated carbocycles. The predicted octanol–water partition coefficient (Wildman–Crippen LogP) is 4.58. The molecule has 0 radical (unpaired) electrons. The van der Waals surface area contributed by atoms with Gasteiger partial charge in [-0.1, -0.05) is 34.6 Å². The quantitative estimate of drug-likeness (QED) is 0.0172. The molecule has 0 aromatic heterocycles. The van der Waals surface area contributed by atoms with Crippen molar-refractivity contribution in [2.75, 3.05) is 238 Å². The van der Waals surface area contributed by atoms with Gasteiger partial charge in [0.25, 0.3) is 32.4 Å². The van der Waals surface area contributed by atoms with Gasteiger partial charge in [0, 0.05) is 129 Å². The fourth-order valence-corrected chi connectivity index (χ4v) is 15.1. The zero-order valence-corrected chi connectivity index (χ0v) is 67.6. The summed E-state index contributed by atoms with van der Waals surface area (Å²) < 4.78 is 22.7. The van der Waals surface area contributed by atoms with Crippen LogP contribution in [0.2, 0.25) is 0 Å². The number of carboxylic acids is 3. The third-order valence-electron chi connectivity index (χ3n) is 10.9. The molecule has 3 aliphatic heterocycles. The van der Waals surface area contributed by atoms with E-state index >= 15 is 0 Å². The summed E-state index contributed by atoms with van der Waals surface area (Å²) >= 11 is 21.2. The first-order valence-electron chi connectivity index (χ1n) is 30.8. The minimum absolute atomic E-state index is 0.126. The zero-order valence-electron chi connectivity index (χ0n) is 57.0. The Balaban J connectivity index is -0.00000111. The summed E-state index contributed by atoms with van der Waals surface area (Å²) in [6, 6.07) is 0. The lowest BCUT2D eigenvalue weighted by Crippen LogP contribution is -2.58. The highest BCUT2D eigenvalue weighted by Gasteiger charge is 2.26. The number of carboxylic acid groups (broad SMARTS) is 3. The average Bonchev–Trinajstić information content (AvgIpc) is 0.895. The molecule has 97 heavy (non-hydrogen) atoms. The van der Waals surface area contributed by atoms with E-state index in [-0.39, 0.29) is 17.3 Å². The van der Waals surface area contributed by atoms with Gasteiger partial charge >= 0.3 is 17.9 Å². The Labute approximate surface area is 632 Å². The van der Waals surface area contributed by atoms with E-state index in [1.807, 2.05) is 58.8 Å². The van der Waals surface area contributed by atoms with Crippen LogP contribution in [0.1, 0.15) is 47.5 Å². The number of fused-ring (bicyclic) bond motifs is 2.